The van der Waals surface area contributed by atoms with Crippen LogP contribution in [0.15, 0.2) is 40.9 Å². The van der Waals surface area contributed by atoms with Gasteiger partial charge in [-0.05, 0) is 36.8 Å². The Morgan fingerprint density at radius 2 is 1.95 bits per heavy atom. The summed E-state index contributed by atoms with van der Waals surface area (Å²) >= 11 is 3.36. The second-order valence-electron chi connectivity index (χ2n) is 4.21. The van der Waals surface area contributed by atoms with E-state index in [1.807, 2.05) is 25.1 Å². The minimum Gasteiger partial charge on any atom is -0.496 e. The number of carbonyl (C=O) groups is 1. The number of anilines is 1. The van der Waals surface area contributed by atoms with Crippen molar-refractivity contribution >= 4 is 27.4 Å². The minimum atomic E-state index is -0.139. The lowest BCUT2D eigenvalue weighted by molar-refractivity contribution is 0.103. The molecule has 0 atom stereocenters. The van der Waals surface area contributed by atoms with Gasteiger partial charge in [0.25, 0.3) is 0 Å². The highest BCUT2D eigenvalue weighted by Gasteiger charge is 2.17. The van der Waals surface area contributed by atoms with Gasteiger partial charge in [0, 0.05) is 15.7 Å². The Morgan fingerprint density at radius 1 is 1.21 bits per heavy atom. The summed E-state index contributed by atoms with van der Waals surface area (Å²) in [5.41, 5.74) is 8.37. The zero-order chi connectivity index (χ0) is 14.0. The van der Waals surface area contributed by atoms with Crippen LogP contribution in [-0.2, 0) is 0 Å². The van der Waals surface area contributed by atoms with Crippen LogP contribution in [0, 0.1) is 6.92 Å². The lowest BCUT2D eigenvalue weighted by atomic mass is 9.99. The first-order valence-electron chi connectivity index (χ1n) is 5.78. The van der Waals surface area contributed by atoms with Crippen molar-refractivity contribution in [3.05, 3.63) is 57.6 Å². The summed E-state index contributed by atoms with van der Waals surface area (Å²) in [6, 6.07) is 10.8. The highest BCUT2D eigenvalue weighted by molar-refractivity contribution is 9.10. The molecule has 0 saturated heterocycles. The number of carbonyl (C=O) groups excluding carboxylic acids is 1. The molecule has 2 N–H and O–H groups in total. The van der Waals surface area contributed by atoms with E-state index >= 15 is 0 Å². The summed E-state index contributed by atoms with van der Waals surface area (Å²) in [7, 11) is 1.54. The molecule has 19 heavy (non-hydrogen) atoms. The summed E-state index contributed by atoms with van der Waals surface area (Å²) in [5, 5.41) is 0. The van der Waals surface area contributed by atoms with Crippen LogP contribution in [-0.4, -0.2) is 12.9 Å². The molecule has 0 aliphatic carbocycles. The molecule has 0 saturated carbocycles. The van der Waals surface area contributed by atoms with Crippen LogP contribution in [0.25, 0.3) is 0 Å². The third-order valence-electron chi connectivity index (χ3n) is 2.97. The van der Waals surface area contributed by atoms with Crippen molar-refractivity contribution in [2.45, 2.75) is 6.92 Å². The first kappa shape index (κ1) is 13.6. The number of hydrogen-bond acceptors (Lipinski definition) is 3. The molecule has 0 amide bonds. The Hall–Kier alpha value is -1.81. The van der Waals surface area contributed by atoms with Gasteiger partial charge in [-0.1, -0.05) is 28.1 Å². The standard InChI is InChI=1S/C15H14BrNO2/c1-9-4-3-5-11(14(9)17)15(18)12-8-10(16)6-7-13(12)19-2/h3-8H,17H2,1-2H3. The van der Waals surface area contributed by atoms with Crippen molar-refractivity contribution in [3.63, 3.8) is 0 Å². The second-order valence-corrected chi connectivity index (χ2v) is 5.13. The Kier molecular flexibility index (Phi) is 3.90. The van der Waals surface area contributed by atoms with E-state index in [0.717, 1.165) is 10.0 Å². The molecule has 0 aromatic heterocycles. The topological polar surface area (TPSA) is 52.3 Å². The molecule has 0 aliphatic rings. The molecule has 98 valence electrons. The smallest absolute Gasteiger partial charge is 0.198 e. The number of nitrogens with two attached hydrogens (primary N) is 1. The van der Waals surface area contributed by atoms with Gasteiger partial charge in [0.05, 0.1) is 12.7 Å². The predicted molar refractivity (Wildman–Crippen MR) is 79.7 cm³/mol. The molecule has 0 bridgehead atoms. The van der Waals surface area contributed by atoms with E-state index < -0.39 is 0 Å². The summed E-state index contributed by atoms with van der Waals surface area (Å²) in [6.07, 6.45) is 0. The fourth-order valence-electron chi connectivity index (χ4n) is 1.88. The third kappa shape index (κ3) is 2.63. The van der Waals surface area contributed by atoms with Gasteiger partial charge < -0.3 is 10.5 Å². The third-order valence-corrected chi connectivity index (χ3v) is 3.47. The molecular formula is C15H14BrNO2. The van der Waals surface area contributed by atoms with Crippen molar-refractivity contribution in [2.75, 3.05) is 12.8 Å². The van der Waals surface area contributed by atoms with Crippen molar-refractivity contribution < 1.29 is 9.53 Å². The molecule has 0 aliphatic heterocycles. The van der Waals surface area contributed by atoms with Crippen LogP contribution < -0.4 is 10.5 Å². The van der Waals surface area contributed by atoms with Crippen LogP contribution >= 0.6 is 15.9 Å². The lowest BCUT2D eigenvalue weighted by Crippen LogP contribution is -2.08. The quantitative estimate of drug-likeness (QED) is 0.695. The molecule has 0 radical (unpaired) electrons. The largest absolute Gasteiger partial charge is 0.496 e. The zero-order valence-electron chi connectivity index (χ0n) is 10.7. The van der Waals surface area contributed by atoms with E-state index in [9.17, 15) is 4.79 Å². The average Bonchev–Trinajstić information content (AvgIpc) is 2.41. The number of methoxy groups -OCH3 is 1. The Labute approximate surface area is 120 Å². The number of para-hydroxylation sites is 1. The molecule has 0 fully saturated rings. The van der Waals surface area contributed by atoms with Gasteiger partial charge in [-0.25, -0.2) is 0 Å². The maximum atomic E-state index is 12.6. The molecule has 0 spiro atoms. The van der Waals surface area contributed by atoms with Gasteiger partial charge in [0.1, 0.15) is 5.75 Å². The number of hydrogen-bond donors (Lipinski definition) is 1. The van der Waals surface area contributed by atoms with Gasteiger partial charge in [-0.2, -0.15) is 0 Å². The van der Waals surface area contributed by atoms with Gasteiger partial charge >= 0.3 is 0 Å². The first-order chi connectivity index (χ1) is 9.04. The molecule has 2 rings (SSSR count). The number of aryl methyl sites for hydroxylation is 1. The summed E-state index contributed by atoms with van der Waals surface area (Å²) in [4.78, 5) is 12.6. The van der Waals surface area contributed by atoms with Crippen molar-refractivity contribution in [3.8, 4) is 5.75 Å². The Morgan fingerprint density at radius 3 is 2.63 bits per heavy atom. The maximum Gasteiger partial charge on any atom is 0.198 e. The second kappa shape index (κ2) is 5.45. The number of ether oxygens (including phenoxy) is 1. The van der Waals surface area contributed by atoms with Crippen LogP contribution in [0.3, 0.4) is 0 Å². The normalized spacial score (nSPS) is 10.3. The van der Waals surface area contributed by atoms with Gasteiger partial charge in [0.15, 0.2) is 5.78 Å². The summed E-state index contributed by atoms with van der Waals surface area (Å²) in [6.45, 7) is 1.88. The number of halogens is 1. The van der Waals surface area contributed by atoms with Gasteiger partial charge in [-0.3, -0.25) is 4.79 Å². The molecule has 3 nitrogen and oxygen atoms in total. The van der Waals surface area contributed by atoms with Crippen LogP contribution in [0.4, 0.5) is 5.69 Å². The van der Waals surface area contributed by atoms with Gasteiger partial charge in [0.2, 0.25) is 0 Å². The van der Waals surface area contributed by atoms with Crippen molar-refractivity contribution in [1.82, 2.24) is 0 Å². The summed E-state index contributed by atoms with van der Waals surface area (Å²) < 4.78 is 6.05. The molecule has 0 heterocycles. The average molecular weight is 320 g/mol. The molecule has 2 aromatic carbocycles. The molecule has 4 heteroatoms. The van der Waals surface area contributed by atoms with Gasteiger partial charge in [-0.15, -0.1) is 0 Å². The van der Waals surface area contributed by atoms with E-state index in [1.54, 1.807) is 25.3 Å². The van der Waals surface area contributed by atoms with E-state index in [-0.39, 0.29) is 5.78 Å². The highest BCUT2D eigenvalue weighted by atomic mass is 79.9. The number of nitrogen functional groups attached to an aromatic ring is 1. The Balaban J connectivity index is 2.56. The van der Waals surface area contributed by atoms with Crippen LogP contribution in [0.5, 0.6) is 5.75 Å². The molecule has 0 unspecified atom stereocenters. The number of ketones is 1. The van der Waals surface area contributed by atoms with E-state index in [0.29, 0.717) is 22.6 Å². The highest BCUT2D eigenvalue weighted by Crippen LogP contribution is 2.28. The van der Waals surface area contributed by atoms with Crippen molar-refractivity contribution in [1.29, 1.82) is 0 Å². The van der Waals surface area contributed by atoms with E-state index in [1.165, 1.54) is 0 Å². The monoisotopic (exact) mass is 319 g/mol. The lowest BCUT2D eigenvalue weighted by Gasteiger charge is -2.11. The minimum absolute atomic E-state index is 0.139. The SMILES string of the molecule is COc1ccc(Br)cc1C(=O)c1cccc(C)c1N. The van der Waals surface area contributed by atoms with Crippen LogP contribution in [0.1, 0.15) is 21.5 Å². The number of rotatable bonds is 3. The Bertz CT molecular complexity index is 638. The number of benzene rings is 2. The zero-order valence-corrected chi connectivity index (χ0v) is 12.3. The fourth-order valence-corrected chi connectivity index (χ4v) is 2.24. The van der Waals surface area contributed by atoms with Crippen molar-refractivity contribution in [2.24, 2.45) is 0 Å². The van der Waals surface area contributed by atoms with E-state index in [2.05, 4.69) is 15.9 Å². The summed E-state index contributed by atoms with van der Waals surface area (Å²) in [5.74, 6) is 0.397. The first-order valence-corrected chi connectivity index (χ1v) is 6.57. The molecular weight excluding hydrogens is 306 g/mol. The fraction of sp³-hybridized carbons (Fsp3) is 0.133. The molecule has 2 aromatic rings. The maximum absolute atomic E-state index is 12.6. The van der Waals surface area contributed by atoms with Crippen LogP contribution in [0.2, 0.25) is 0 Å². The predicted octanol–water partition coefficient (Wildman–Crippen LogP) is 3.58. The van der Waals surface area contributed by atoms with E-state index in [4.69, 9.17) is 10.5 Å².